The predicted molar refractivity (Wildman–Crippen MR) is 127 cm³/mol. The molecule has 0 aliphatic carbocycles. The van der Waals surface area contributed by atoms with Gasteiger partial charge in [-0.05, 0) is 57.9 Å². The van der Waals surface area contributed by atoms with Gasteiger partial charge in [0.25, 0.3) is 0 Å². The number of thiazole rings is 1. The van der Waals surface area contributed by atoms with E-state index in [1.54, 1.807) is 16.2 Å². The summed E-state index contributed by atoms with van der Waals surface area (Å²) in [4.78, 5) is 32.5. The first kappa shape index (κ1) is 21.5. The number of para-hydroxylation sites is 1. The van der Waals surface area contributed by atoms with Crippen molar-refractivity contribution in [3.05, 3.63) is 47.4 Å². The van der Waals surface area contributed by atoms with Gasteiger partial charge in [-0.3, -0.25) is 4.79 Å². The van der Waals surface area contributed by atoms with Crippen LogP contribution in [-0.2, 0) is 22.5 Å². The number of anilines is 1. The van der Waals surface area contributed by atoms with E-state index < -0.39 is 5.60 Å². The van der Waals surface area contributed by atoms with Gasteiger partial charge >= 0.3 is 6.09 Å². The van der Waals surface area contributed by atoms with Crippen molar-refractivity contribution < 1.29 is 14.3 Å². The second kappa shape index (κ2) is 8.09. The van der Waals surface area contributed by atoms with Gasteiger partial charge in [-0.2, -0.15) is 0 Å². The molecule has 8 heteroatoms. The van der Waals surface area contributed by atoms with E-state index in [-0.39, 0.29) is 18.0 Å². The summed E-state index contributed by atoms with van der Waals surface area (Å²) in [5.41, 5.74) is 2.47. The summed E-state index contributed by atoms with van der Waals surface area (Å²) in [6, 6.07) is 7.96. The number of carbonyl (C=O) groups excluding carboxylic acids is 2. The minimum atomic E-state index is -0.554. The third-order valence-electron chi connectivity index (χ3n) is 4.99. The smallest absolute Gasteiger partial charge is 0.410 e. The molecule has 162 valence electrons. The molecule has 6 nitrogen and oxygen atoms in total. The van der Waals surface area contributed by atoms with Crippen LogP contribution >= 0.6 is 22.7 Å². The zero-order valence-corrected chi connectivity index (χ0v) is 19.7. The molecule has 1 unspecified atom stereocenters. The average Bonchev–Trinajstić information content (AvgIpc) is 3.25. The molecule has 0 saturated carbocycles. The van der Waals surface area contributed by atoms with Crippen LogP contribution in [0.2, 0.25) is 0 Å². The Kier molecular flexibility index (Phi) is 5.61. The Balaban J connectivity index is 1.77. The van der Waals surface area contributed by atoms with E-state index in [2.05, 4.69) is 11.9 Å². The van der Waals surface area contributed by atoms with Crippen molar-refractivity contribution >= 4 is 49.9 Å². The van der Waals surface area contributed by atoms with Gasteiger partial charge in [0.1, 0.15) is 15.6 Å². The van der Waals surface area contributed by atoms with Gasteiger partial charge in [-0.25, -0.2) is 9.78 Å². The van der Waals surface area contributed by atoms with Crippen LogP contribution in [0.1, 0.15) is 38.1 Å². The van der Waals surface area contributed by atoms with Gasteiger partial charge in [0, 0.05) is 16.5 Å². The quantitative estimate of drug-likeness (QED) is 0.504. The SMILES string of the molecule is C=CC(=O)Nc1sc2c(c1-c1nc3ccccc3s1)CC(C)N(C(=O)OC(C)(C)C)C2. The lowest BCUT2D eigenvalue weighted by molar-refractivity contribution is -0.111. The number of carbonyl (C=O) groups is 2. The van der Waals surface area contributed by atoms with E-state index in [1.807, 2.05) is 52.0 Å². The number of amides is 2. The third kappa shape index (κ3) is 4.36. The Labute approximate surface area is 189 Å². The van der Waals surface area contributed by atoms with Crippen LogP contribution in [0.5, 0.6) is 0 Å². The maximum atomic E-state index is 12.8. The Morgan fingerprint density at radius 1 is 1.29 bits per heavy atom. The minimum absolute atomic E-state index is 0.0342. The van der Waals surface area contributed by atoms with E-state index in [4.69, 9.17) is 9.72 Å². The molecule has 3 heterocycles. The van der Waals surface area contributed by atoms with Crippen LogP contribution in [0.25, 0.3) is 20.8 Å². The van der Waals surface area contributed by atoms with Crippen molar-refractivity contribution in [1.82, 2.24) is 9.88 Å². The van der Waals surface area contributed by atoms with Crippen molar-refractivity contribution in [3.8, 4) is 10.6 Å². The summed E-state index contributed by atoms with van der Waals surface area (Å²) in [5, 5.41) is 4.56. The number of thiophene rings is 1. The molecule has 0 saturated heterocycles. The number of fused-ring (bicyclic) bond motifs is 2. The molecular weight excluding hydrogens is 430 g/mol. The highest BCUT2D eigenvalue weighted by atomic mass is 32.1. The highest BCUT2D eigenvalue weighted by Gasteiger charge is 2.35. The lowest BCUT2D eigenvalue weighted by Crippen LogP contribution is -2.44. The molecule has 31 heavy (non-hydrogen) atoms. The fourth-order valence-electron chi connectivity index (χ4n) is 3.59. The van der Waals surface area contributed by atoms with Gasteiger partial charge in [-0.15, -0.1) is 22.7 Å². The van der Waals surface area contributed by atoms with Crippen molar-refractivity contribution in [2.45, 2.75) is 52.3 Å². The lowest BCUT2D eigenvalue weighted by Gasteiger charge is -2.35. The molecule has 0 fully saturated rings. The first-order valence-electron chi connectivity index (χ1n) is 10.1. The van der Waals surface area contributed by atoms with Crippen LogP contribution in [0.15, 0.2) is 36.9 Å². The fourth-order valence-corrected chi connectivity index (χ4v) is 5.93. The third-order valence-corrected chi connectivity index (χ3v) is 7.18. The summed E-state index contributed by atoms with van der Waals surface area (Å²) in [6.45, 7) is 11.6. The zero-order chi connectivity index (χ0) is 22.3. The number of benzene rings is 1. The number of ether oxygens (including phenoxy) is 1. The van der Waals surface area contributed by atoms with Crippen LogP contribution in [0.3, 0.4) is 0 Å². The lowest BCUT2D eigenvalue weighted by atomic mass is 9.97. The van der Waals surface area contributed by atoms with E-state index in [1.165, 1.54) is 17.4 Å². The first-order valence-corrected chi connectivity index (χ1v) is 11.7. The summed E-state index contributed by atoms with van der Waals surface area (Å²) in [7, 11) is 0. The predicted octanol–water partition coefficient (Wildman–Crippen LogP) is 5.83. The second-order valence-corrected chi connectivity index (χ2v) is 10.7. The number of rotatable bonds is 3. The molecule has 1 aromatic carbocycles. The summed E-state index contributed by atoms with van der Waals surface area (Å²) in [6.07, 6.45) is 1.61. The normalized spacial score (nSPS) is 16.1. The molecule has 0 radical (unpaired) electrons. The number of hydrogen-bond donors (Lipinski definition) is 1. The number of aromatic nitrogens is 1. The molecule has 4 rings (SSSR count). The number of nitrogens with zero attached hydrogens (tertiary/aromatic N) is 2. The van der Waals surface area contributed by atoms with E-state index in [0.717, 1.165) is 36.2 Å². The summed E-state index contributed by atoms with van der Waals surface area (Å²) < 4.78 is 6.70. The minimum Gasteiger partial charge on any atom is -0.444 e. The average molecular weight is 456 g/mol. The Morgan fingerprint density at radius 3 is 2.71 bits per heavy atom. The van der Waals surface area contributed by atoms with Gasteiger partial charge in [0.05, 0.1) is 16.8 Å². The molecule has 1 atom stereocenters. The van der Waals surface area contributed by atoms with Crippen molar-refractivity contribution in [2.75, 3.05) is 5.32 Å². The van der Waals surface area contributed by atoms with Crippen molar-refractivity contribution in [3.63, 3.8) is 0 Å². The van der Waals surface area contributed by atoms with Crippen LogP contribution in [-0.4, -0.2) is 33.5 Å². The molecule has 1 N–H and O–H groups in total. The Morgan fingerprint density at radius 2 is 2.03 bits per heavy atom. The molecule has 3 aromatic rings. The highest BCUT2D eigenvalue weighted by Crippen LogP contribution is 2.46. The van der Waals surface area contributed by atoms with Crippen molar-refractivity contribution in [1.29, 1.82) is 0 Å². The largest absolute Gasteiger partial charge is 0.444 e. The fraction of sp³-hybridized carbons (Fsp3) is 0.348. The highest BCUT2D eigenvalue weighted by molar-refractivity contribution is 7.23. The molecule has 2 aromatic heterocycles. The topological polar surface area (TPSA) is 71.5 Å². The van der Waals surface area contributed by atoms with Gasteiger partial charge < -0.3 is 15.0 Å². The number of nitrogens with one attached hydrogen (secondary N) is 1. The second-order valence-electron chi connectivity index (χ2n) is 8.55. The standard InChI is InChI=1S/C23H25N3O3S2/c1-6-18(27)25-21-19(20-24-15-9-7-8-10-16(15)30-20)14-11-13(2)26(12-17(14)31-21)22(28)29-23(3,4)5/h6-10,13H,1,11-12H2,2-5H3,(H,25,27). The maximum absolute atomic E-state index is 12.8. The monoisotopic (exact) mass is 455 g/mol. The van der Waals surface area contributed by atoms with E-state index in [9.17, 15) is 9.59 Å². The number of hydrogen-bond acceptors (Lipinski definition) is 6. The van der Waals surface area contributed by atoms with E-state index >= 15 is 0 Å². The van der Waals surface area contributed by atoms with E-state index in [0.29, 0.717) is 13.0 Å². The van der Waals surface area contributed by atoms with Crippen molar-refractivity contribution in [2.24, 2.45) is 0 Å². The zero-order valence-electron chi connectivity index (χ0n) is 18.0. The molecule has 1 aliphatic rings. The van der Waals surface area contributed by atoms with Crippen LogP contribution < -0.4 is 5.32 Å². The molecule has 2 amide bonds. The first-order chi connectivity index (χ1) is 14.7. The molecule has 1 aliphatic heterocycles. The van der Waals surface area contributed by atoms with Gasteiger partial charge in [0.15, 0.2) is 0 Å². The van der Waals surface area contributed by atoms with Gasteiger partial charge in [0.2, 0.25) is 5.91 Å². The molecular formula is C23H25N3O3S2. The van der Waals surface area contributed by atoms with Crippen LogP contribution in [0.4, 0.5) is 9.80 Å². The van der Waals surface area contributed by atoms with Gasteiger partial charge in [-0.1, -0.05) is 18.7 Å². The summed E-state index contributed by atoms with van der Waals surface area (Å²) in [5.74, 6) is -0.266. The van der Waals surface area contributed by atoms with Crippen LogP contribution in [0, 0.1) is 0 Å². The maximum Gasteiger partial charge on any atom is 0.410 e. The Hall–Kier alpha value is -2.71. The summed E-state index contributed by atoms with van der Waals surface area (Å²) >= 11 is 3.10. The Bertz CT molecular complexity index is 1140. The molecule has 0 spiro atoms. The molecule has 0 bridgehead atoms.